The summed E-state index contributed by atoms with van der Waals surface area (Å²) in [5, 5.41) is 4.92. The Balaban J connectivity index is 2.47. The maximum Gasteiger partial charge on any atom is 0.276 e. The van der Waals surface area contributed by atoms with Crippen LogP contribution >= 0.6 is 0 Å². The van der Waals surface area contributed by atoms with Crippen molar-refractivity contribution in [3.8, 4) is 0 Å². The highest BCUT2D eigenvalue weighted by Crippen LogP contribution is 2.30. The van der Waals surface area contributed by atoms with Crippen LogP contribution in [0, 0.1) is 5.41 Å². The van der Waals surface area contributed by atoms with E-state index in [0.29, 0.717) is 19.7 Å². The second-order valence-electron chi connectivity index (χ2n) is 3.56. The van der Waals surface area contributed by atoms with Crippen LogP contribution in [-0.2, 0) is 14.9 Å². The SMILES string of the molecule is COCC1(C)CN(S(N)(=O)=O)C1. The molecule has 1 aliphatic rings. The molecule has 72 valence electrons. The molecule has 0 unspecified atom stereocenters. The first-order valence-electron chi connectivity index (χ1n) is 3.64. The van der Waals surface area contributed by atoms with Crippen LogP contribution in [-0.4, -0.2) is 39.5 Å². The van der Waals surface area contributed by atoms with Gasteiger partial charge in [-0.1, -0.05) is 6.92 Å². The molecule has 0 bridgehead atoms. The number of hydrogen-bond donors (Lipinski definition) is 1. The molecule has 12 heavy (non-hydrogen) atoms. The molecule has 0 radical (unpaired) electrons. The summed E-state index contributed by atoms with van der Waals surface area (Å²) < 4.78 is 27.7. The first-order chi connectivity index (χ1) is 5.37. The van der Waals surface area contributed by atoms with Gasteiger partial charge in [-0.3, -0.25) is 0 Å². The van der Waals surface area contributed by atoms with Gasteiger partial charge in [-0.25, -0.2) is 5.14 Å². The topological polar surface area (TPSA) is 72.6 Å². The van der Waals surface area contributed by atoms with E-state index in [2.05, 4.69) is 0 Å². The molecule has 0 amide bonds. The van der Waals surface area contributed by atoms with Crippen LogP contribution in [0.3, 0.4) is 0 Å². The van der Waals surface area contributed by atoms with E-state index in [-0.39, 0.29) is 5.41 Å². The van der Waals surface area contributed by atoms with Crippen LogP contribution in [0.1, 0.15) is 6.92 Å². The van der Waals surface area contributed by atoms with Crippen molar-refractivity contribution in [2.45, 2.75) is 6.92 Å². The van der Waals surface area contributed by atoms with Crippen LogP contribution in [0.15, 0.2) is 0 Å². The molecule has 0 spiro atoms. The quantitative estimate of drug-likeness (QED) is 0.636. The molecule has 1 rings (SSSR count). The van der Waals surface area contributed by atoms with Gasteiger partial charge >= 0.3 is 0 Å². The molecule has 0 aliphatic carbocycles. The number of rotatable bonds is 3. The molecule has 1 fully saturated rings. The second-order valence-corrected chi connectivity index (χ2v) is 5.10. The van der Waals surface area contributed by atoms with Crippen molar-refractivity contribution in [3.05, 3.63) is 0 Å². The van der Waals surface area contributed by atoms with E-state index in [1.54, 1.807) is 7.11 Å². The molecular weight excluding hydrogens is 180 g/mol. The van der Waals surface area contributed by atoms with E-state index in [4.69, 9.17) is 9.88 Å². The van der Waals surface area contributed by atoms with Gasteiger partial charge in [0.25, 0.3) is 10.2 Å². The average molecular weight is 194 g/mol. The minimum absolute atomic E-state index is 0.0544. The molecule has 0 aromatic heterocycles. The zero-order valence-corrected chi connectivity index (χ0v) is 8.10. The van der Waals surface area contributed by atoms with Crippen molar-refractivity contribution in [2.75, 3.05) is 26.8 Å². The van der Waals surface area contributed by atoms with E-state index in [1.165, 1.54) is 4.31 Å². The molecule has 2 N–H and O–H groups in total. The molecule has 0 aromatic carbocycles. The van der Waals surface area contributed by atoms with Gasteiger partial charge in [-0.2, -0.15) is 12.7 Å². The highest BCUT2D eigenvalue weighted by atomic mass is 32.2. The van der Waals surface area contributed by atoms with Crippen molar-refractivity contribution >= 4 is 10.2 Å². The van der Waals surface area contributed by atoms with Gasteiger partial charge in [-0.05, 0) is 0 Å². The Morgan fingerprint density at radius 3 is 2.42 bits per heavy atom. The van der Waals surface area contributed by atoms with E-state index in [9.17, 15) is 8.42 Å². The zero-order valence-electron chi connectivity index (χ0n) is 7.28. The molecule has 0 saturated carbocycles. The lowest BCUT2D eigenvalue weighted by atomic mass is 9.85. The summed E-state index contributed by atoms with van der Waals surface area (Å²) >= 11 is 0. The molecule has 1 aliphatic heterocycles. The largest absolute Gasteiger partial charge is 0.384 e. The highest BCUT2D eigenvalue weighted by Gasteiger charge is 2.43. The Morgan fingerprint density at radius 1 is 1.58 bits per heavy atom. The van der Waals surface area contributed by atoms with Crippen molar-refractivity contribution in [2.24, 2.45) is 10.6 Å². The normalized spacial score (nSPS) is 23.6. The van der Waals surface area contributed by atoms with Crippen molar-refractivity contribution in [3.63, 3.8) is 0 Å². The van der Waals surface area contributed by atoms with Crippen molar-refractivity contribution in [1.29, 1.82) is 0 Å². The Bertz CT molecular complexity index is 256. The number of nitrogens with zero attached hydrogens (tertiary/aromatic N) is 1. The second kappa shape index (κ2) is 2.95. The number of hydrogen-bond acceptors (Lipinski definition) is 3. The fraction of sp³-hybridized carbons (Fsp3) is 1.00. The molecule has 5 nitrogen and oxygen atoms in total. The number of ether oxygens (including phenoxy) is 1. The van der Waals surface area contributed by atoms with Gasteiger partial charge in [-0.15, -0.1) is 0 Å². The third-order valence-electron chi connectivity index (χ3n) is 1.97. The van der Waals surface area contributed by atoms with E-state index < -0.39 is 10.2 Å². The average Bonchev–Trinajstić information content (AvgIpc) is 1.81. The maximum atomic E-state index is 10.8. The lowest BCUT2D eigenvalue weighted by molar-refractivity contribution is 0.00376. The molecular formula is C6H14N2O3S. The van der Waals surface area contributed by atoms with Gasteiger partial charge in [0, 0.05) is 25.6 Å². The summed E-state index contributed by atoms with van der Waals surface area (Å²) in [6.45, 7) is 3.45. The van der Waals surface area contributed by atoms with Crippen LogP contribution in [0.25, 0.3) is 0 Å². The molecule has 0 atom stereocenters. The Morgan fingerprint density at radius 2 is 2.08 bits per heavy atom. The van der Waals surface area contributed by atoms with Gasteiger partial charge in [0.1, 0.15) is 0 Å². The summed E-state index contributed by atoms with van der Waals surface area (Å²) in [5.74, 6) is 0. The molecule has 1 heterocycles. The van der Waals surface area contributed by atoms with E-state index in [1.807, 2.05) is 6.92 Å². The van der Waals surface area contributed by atoms with Crippen LogP contribution in [0.5, 0.6) is 0 Å². The smallest absolute Gasteiger partial charge is 0.276 e. The standard InChI is InChI=1S/C6H14N2O3S/c1-6(5-11-2)3-8(4-6)12(7,9)10/h3-5H2,1-2H3,(H2,7,9,10). The van der Waals surface area contributed by atoms with E-state index in [0.717, 1.165) is 0 Å². The third kappa shape index (κ3) is 1.95. The first kappa shape index (κ1) is 9.91. The molecule has 6 heteroatoms. The Labute approximate surface area is 72.7 Å². The summed E-state index contributed by atoms with van der Waals surface area (Å²) in [7, 11) is -1.88. The predicted octanol–water partition coefficient (Wildman–Crippen LogP) is -0.842. The van der Waals surface area contributed by atoms with Crippen LogP contribution < -0.4 is 5.14 Å². The summed E-state index contributed by atoms with van der Waals surface area (Å²) in [4.78, 5) is 0. The van der Waals surface area contributed by atoms with Crippen LogP contribution in [0.2, 0.25) is 0 Å². The van der Waals surface area contributed by atoms with Gasteiger partial charge in [0.2, 0.25) is 0 Å². The minimum atomic E-state index is -3.48. The number of nitrogens with two attached hydrogens (primary N) is 1. The highest BCUT2D eigenvalue weighted by molar-refractivity contribution is 7.86. The number of methoxy groups -OCH3 is 1. The van der Waals surface area contributed by atoms with Crippen molar-refractivity contribution < 1.29 is 13.2 Å². The summed E-state index contributed by atoms with van der Waals surface area (Å²) in [6, 6.07) is 0. The predicted molar refractivity (Wildman–Crippen MR) is 44.7 cm³/mol. The fourth-order valence-electron chi connectivity index (χ4n) is 1.42. The van der Waals surface area contributed by atoms with E-state index >= 15 is 0 Å². The van der Waals surface area contributed by atoms with Gasteiger partial charge in [0.05, 0.1) is 6.61 Å². The zero-order chi connectivity index (χ0) is 9.41. The first-order valence-corrected chi connectivity index (χ1v) is 5.14. The van der Waals surface area contributed by atoms with Crippen molar-refractivity contribution in [1.82, 2.24) is 4.31 Å². The molecule has 0 aromatic rings. The lowest BCUT2D eigenvalue weighted by Crippen LogP contribution is -2.60. The van der Waals surface area contributed by atoms with Gasteiger partial charge < -0.3 is 4.74 Å². The van der Waals surface area contributed by atoms with Crippen LogP contribution in [0.4, 0.5) is 0 Å². The monoisotopic (exact) mass is 194 g/mol. The maximum absolute atomic E-state index is 10.8. The Kier molecular flexibility index (Phi) is 2.44. The summed E-state index contributed by atoms with van der Waals surface area (Å²) in [5.41, 5.74) is -0.0544. The third-order valence-corrected chi connectivity index (χ3v) is 2.95. The van der Waals surface area contributed by atoms with Gasteiger partial charge in [0.15, 0.2) is 0 Å². The fourth-order valence-corrected chi connectivity index (χ4v) is 2.41. The lowest BCUT2D eigenvalue weighted by Gasteiger charge is -2.45. The minimum Gasteiger partial charge on any atom is -0.384 e. The summed E-state index contributed by atoms with van der Waals surface area (Å²) in [6.07, 6.45) is 0. The molecule has 1 saturated heterocycles. The Hall–Kier alpha value is -0.170.